The topological polar surface area (TPSA) is 58.4 Å². The molecule has 0 unspecified atom stereocenters. The van der Waals surface area contributed by atoms with Gasteiger partial charge in [-0.15, -0.1) is 0 Å². The number of aromatic nitrogens is 2. The first-order valence-electron chi connectivity index (χ1n) is 10.3. The summed E-state index contributed by atoms with van der Waals surface area (Å²) in [5.41, 5.74) is 3.82. The van der Waals surface area contributed by atoms with E-state index in [1.54, 1.807) is 4.68 Å². The molecule has 1 fully saturated rings. The van der Waals surface area contributed by atoms with Crippen LogP contribution in [-0.4, -0.2) is 51.0 Å². The molecular formula is C23H24N4O2. The number of para-hydroxylation sites is 1. The van der Waals surface area contributed by atoms with Crippen LogP contribution in [0.1, 0.15) is 34.5 Å². The highest BCUT2D eigenvalue weighted by atomic mass is 16.2. The fourth-order valence-corrected chi connectivity index (χ4v) is 4.41. The van der Waals surface area contributed by atoms with E-state index in [0.717, 1.165) is 43.3 Å². The Kier molecular flexibility index (Phi) is 4.54. The van der Waals surface area contributed by atoms with Crippen LogP contribution in [0.15, 0.2) is 48.5 Å². The zero-order valence-corrected chi connectivity index (χ0v) is 16.4. The lowest BCUT2D eigenvalue weighted by Crippen LogP contribution is -2.38. The van der Waals surface area contributed by atoms with Gasteiger partial charge < -0.3 is 9.80 Å². The van der Waals surface area contributed by atoms with Crippen molar-refractivity contribution in [3.05, 3.63) is 65.4 Å². The van der Waals surface area contributed by atoms with Crippen LogP contribution in [0.5, 0.6) is 0 Å². The van der Waals surface area contributed by atoms with Crippen LogP contribution < -0.4 is 0 Å². The highest BCUT2D eigenvalue weighted by Gasteiger charge is 2.26. The second-order valence-electron chi connectivity index (χ2n) is 7.86. The van der Waals surface area contributed by atoms with E-state index in [1.165, 1.54) is 11.1 Å². The van der Waals surface area contributed by atoms with Gasteiger partial charge in [0, 0.05) is 31.6 Å². The summed E-state index contributed by atoms with van der Waals surface area (Å²) in [6.07, 6.45) is 2.96. The number of benzene rings is 2. The number of hydrogen-bond donors (Lipinski definition) is 0. The number of nitrogens with zero attached hydrogens (tertiary/aromatic N) is 4. The summed E-state index contributed by atoms with van der Waals surface area (Å²) >= 11 is 0. The maximum Gasteiger partial charge on any atom is 0.275 e. The average Bonchev–Trinajstić information content (AvgIpc) is 3.42. The molecule has 2 aliphatic rings. The van der Waals surface area contributed by atoms with Crippen LogP contribution in [0, 0.1) is 0 Å². The minimum atomic E-state index is -0.0307. The standard InChI is InChI=1S/C23H24N4O2/c28-21(26-14-11-17-7-1-2-8-18(17)15-26)16-27-20-10-4-3-9-19(20)22(24-27)23(29)25-12-5-6-13-25/h1-4,7-10H,5-6,11-16H2. The molecule has 1 saturated heterocycles. The molecular weight excluding hydrogens is 364 g/mol. The smallest absolute Gasteiger partial charge is 0.275 e. The monoisotopic (exact) mass is 388 g/mol. The fraction of sp³-hybridized carbons (Fsp3) is 0.348. The molecule has 2 aromatic carbocycles. The quantitative estimate of drug-likeness (QED) is 0.693. The first-order valence-corrected chi connectivity index (χ1v) is 10.3. The number of fused-ring (bicyclic) bond motifs is 2. The Morgan fingerprint density at radius 1 is 0.862 bits per heavy atom. The summed E-state index contributed by atoms with van der Waals surface area (Å²) in [6, 6.07) is 16.0. The molecule has 29 heavy (non-hydrogen) atoms. The summed E-state index contributed by atoms with van der Waals surface area (Å²) in [7, 11) is 0. The van der Waals surface area contributed by atoms with E-state index in [-0.39, 0.29) is 18.4 Å². The molecule has 0 atom stereocenters. The molecule has 0 saturated carbocycles. The highest BCUT2D eigenvalue weighted by Crippen LogP contribution is 2.23. The first kappa shape index (κ1) is 17.9. The Bertz CT molecular complexity index is 1080. The number of carbonyl (C=O) groups is 2. The van der Waals surface area contributed by atoms with Crippen molar-refractivity contribution in [1.29, 1.82) is 0 Å². The van der Waals surface area contributed by atoms with E-state index >= 15 is 0 Å². The maximum absolute atomic E-state index is 13.0. The zero-order valence-electron chi connectivity index (χ0n) is 16.4. The third kappa shape index (κ3) is 3.28. The number of likely N-dealkylation sites (tertiary alicyclic amines) is 1. The Hall–Kier alpha value is -3.15. The molecule has 0 spiro atoms. The molecule has 1 aromatic heterocycles. The average molecular weight is 388 g/mol. The highest BCUT2D eigenvalue weighted by molar-refractivity contribution is 6.05. The molecule has 3 aromatic rings. The van der Waals surface area contributed by atoms with Crippen molar-refractivity contribution in [3.8, 4) is 0 Å². The second kappa shape index (κ2) is 7.35. The van der Waals surface area contributed by atoms with Gasteiger partial charge in [0.1, 0.15) is 6.54 Å². The Morgan fingerprint density at radius 2 is 1.59 bits per heavy atom. The van der Waals surface area contributed by atoms with Crippen molar-refractivity contribution >= 4 is 22.7 Å². The number of amides is 2. The lowest BCUT2D eigenvalue weighted by molar-refractivity contribution is -0.132. The van der Waals surface area contributed by atoms with Crippen molar-refractivity contribution in [2.75, 3.05) is 19.6 Å². The van der Waals surface area contributed by atoms with Gasteiger partial charge in [0.2, 0.25) is 5.91 Å². The van der Waals surface area contributed by atoms with E-state index in [9.17, 15) is 9.59 Å². The molecule has 0 bridgehead atoms. The molecule has 0 N–H and O–H groups in total. The molecule has 6 nitrogen and oxygen atoms in total. The third-order valence-corrected chi connectivity index (χ3v) is 6.02. The van der Waals surface area contributed by atoms with Crippen LogP contribution in [-0.2, 0) is 24.3 Å². The molecule has 6 heteroatoms. The van der Waals surface area contributed by atoms with Gasteiger partial charge in [0.05, 0.1) is 5.52 Å². The van der Waals surface area contributed by atoms with Crippen molar-refractivity contribution in [3.63, 3.8) is 0 Å². The number of rotatable bonds is 3. The Balaban J connectivity index is 1.41. The minimum Gasteiger partial charge on any atom is -0.337 e. The third-order valence-electron chi connectivity index (χ3n) is 6.02. The summed E-state index contributed by atoms with van der Waals surface area (Å²) in [5, 5.41) is 5.41. The Labute approximate surface area is 169 Å². The van der Waals surface area contributed by atoms with Crippen molar-refractivity contribution in [2.45, 2.75) is 32.4 Å². The zero-order chi connectivity index (χ0) is 19.8. The van der Waals surface area contributed by atoms with Gasteiger partial charge in [0.25, 0.3) is 5.91 Å². The van der Waals surface area contributed by atoms with E-state index in [2.05, 4.69) is 17.2 Å². The van der Waals surface area contributed by atoms with Gasteiger partial charge in [-0.2, -0.15) is 5.10 Å². The first-order chi connectivity index (χ1) is 14.2. The van der Waals surface area contributed by atoms with Gasteiger partial charge in [-0.1, -0.05) is 42.5 Å². The minimum absolute atomic E-state index is 0.0307. The summed E-state index contributed by atoms with van der Waals surface area (Å²) in [5.74, 6) is 0.00438. The van der Waals surface area contributed by atoms with E-state index < -0.39 is 0 Å². The van der Waals surface area contributed by atoms with E-state index in [1.807, 2.05) is 46.2 Å². The molecule has 0 aliphatic carbocycles. The van der Waals surface area contributed by atoms with Gasteiger partial charge in [-0.05, 0) is 36.5 Å². The van der Waals surface area contributed by atoms with Crippen molar-refractivity contribution in [2.24, 2.45) is 0 Å². The molecule has 148 valence electrons. The summed E-state index contributed by atoms with van der Waals surface area (Å²) in [4.78, 5) is 29.7. The summed E-state index contributed by atoms with van der Waals surface area (Å²) < 4.78 is 1.70. The van der Waals surface area contributed by atoms with Crippen LogP contribution in [0.4, 0.5) is 0 Å². The Morgan fingerprint density at radius 3 is 2.41 bits per heavy atom. The molecule has 0 radical (unpaired) electrons. The van der Waals surface area contributed by atoms with E-state index in [4.69, 9.17) is 0 Å². The number of hydrogen-bond acceptors (Lipinski definition) is 3. The predicted octanol–water partition coefficient (Wildman–Crippen LogP) is 2.86. The molecule has 2 amide bonds. The summed E-state index contributed by atoms with van der Waals surface area (Å²) in [6.45, 7) is 3.07. The second-order valence-corrected chi connectivity index (χ2v) is 7.86. The number of carbonyl (C=O) groups excluding carboxylic acids is 2. The van der Waals surface area contributed by atoms with Crippen LogP contribution in [0.25, 0.3) is 10.9 Å². The van der Waals surface area contributed by atoms with Crippen LogP contribution >= 0.6 is 0 Å². The van der Waals surface area contributed by atoms with Crippen molar-refractivity contribution < 1.29 is 9.59 Å². The normalized spacial score (nSPS) is 16.3. The van der Waals surface area contributed by atoms with Gasteiger partial charge in [0.15, 0.2) is 5.69 Å². The lowest BCUT2D eigenvalue weighted by Gasteiger charge is -2.29. The largest absolute Gasteiger partial charge is 0.337 e. The van der Waals surface area contributed by atoms with E-state index in [0.29, 0.717) is 18.8 Å². The van der Waals surface area contributed by atoms with Crippen LogP contribution in [0.2, 0.25) is 0 Å². The molecule has 3 heterocycles. The van der Waals surface area contributed by atoms with Gasteiger partial charge >= 0.3 is 0 Å². The fourth-order valence-electron chi connectivity index (χ4n) is 4.41. The van der Waals surface area contributed by atoms with Crippen molar-refractivity contribution in [1.82, 2.24) is 19.6 Å². The SMILES string of the molecule is O=C(Cn1nc(C(=O)N2CCCC2)c2ccccc21)N1CCc2ccccc2C1. The molecule has 5 rings (SSSR count). The lowest BCUT2D eigenvalue weighted by atomic mass is 10.00. The maximum atomic E-state index is 13.0. The van der Waals surface area contributed by atoms with Gasteiger partial charge in [-0.3, -0.25) is 14.3 Å². The predicted molar refractivity (Wildman–Crippen MR) is 110 cm³/mol. The van der Waals surface area contributed by atoms with Gasteiger partial charge in [-0.25, -0.2) is 0 Å². The van der Waals surface area contributed by atoms with Crippen LogP contribution in [0.3, 0.4) is 0 Å². The molecule has 2 aliphatic heterocycles.